The van der Waals surface area contributed by atoms with Crippen LogP contribution >= 0.6 is 16.0 Å². The van der Waals surface area contributed by atoms with Gasteiger partial charge in [0.05, 0.1) is 0 Å². The van der Waals surface area contributed by atoms with E-state index >= 15 is 0 Å². The number of nitrogens with zero attached hydrogens (tertiary/aromatic N) is 1. The zero-order chi connectivity index (χ0) is 27.6. The summed E-state index contributed by atoms with van der Waals surface area (Å²) in [6, 6.07) is 44.2. The molecule has 0 aliphatic heterocycles. The fraction of sp³-hybridized carbons (Fsp3) is 0.0811. The molecule has 0 amide bonds. The van der Waals surface area contributed by atoms with E-state index in [0.717, 1.165) is 0 Å². The third kappa shape index (κ3) is 8.41. The van der Waals surface area contributed by atoms with Gasteiger partial charge in [-0.1, -0.05) is 121 Å². The van der Waals surface area contributed by atoms with Gasteiger partial charge in [-0.15, -0.1) is 0 Å². The Morgan fingerprint density at radius 3 is 1.24 bits per heavy atom. The second-order valence-electron chi connectivity index (χ2n) is 9.57. The van der Waals surface area contributed by atoms with Crippen LogP contribution in [0.25, 0.3) is 0 Å². The quantitative estimate of drug-likeness (QED) is 0.150. The SMILES string of the molecule is C[C@@H]([C]1[CH][CH][CH][C]1P(c1ccccc1)c1ccccc1)N(C)P(c1ccccc1)c1ccccc1.[CH]1[CH][CH][CH][CH]1.[Fe+2]. The summed E-state index contributed by atoms with van der Waals surface area (Å²) in [7, 11) is 1.00. The maximum absolute atomic E-state index is 2.59. The number of hydrogen-bond donors (Lipinski definition) is 0. The van der Waals surface area contributed by atoms with Crippen molar-refractivity contribution in [2.45, 2.75) is 13.0 Å². The molecule has 2 fully saturated rings. The Balaban J connectivity index is 0.000000584. The first-order valence-corrected chi connectivity index (χ1v) is 16.3. The van der Waals surface area contributed by atoms with Crippen LogP contribution in [0.5, 0.6) is 0 Å². The van der Waals surface area contributed by atoms with Crippen LogP contribution in [0.15, 0.2) is 121 Å². The zero-order valence-electron chi connectivity index (χ0n) is 23.4. The van der Waals surface area contributed by atoms with Crippen molar-refractivity contribution in [3.8, 4) is 0 Å². The second-order valence-corrected chi connectivity index (χ2v) is 14.0. The Labute approximate surface area is 262 Å². The molecule has 2 aliphatic rings. The molecule has 10 radical (unpaired) electrons. The van der Waals surface area contributed by atoms with Crippen LogP contribution in [0.4, 0.5) is 0 Å². The monoisotopic (exact) mass is 611 g/mol. The van der Waals surface area contributed by atoms with Crippen LogP contribution < -0.4 is 21.2 Å². The van der Waals surface area contributed by atoms with Crippen molar-refractivity contribution in [1.82, 2.24) is 4.67 Å². The molecule has 0 N–H and O–H groups in total. The third-order valence-corrected chi connectivity index (χ3v) is 12.0. The summed E-state index contributed by atoms with van der Waals surface area (Å²) < 4.78 is 2.59. The van der Waals surface area contributed by atoms with E-state index in [2.05, 4.69) is 159 Å². The summed E-state index contributed by atoms with van der Waals surface area (Å²) in [6.07, 6.45) is 16.9. The average molecular weight is 611 g/mol. The molecule has 4 aromatic carbocycles. The molecule has 6 rings (SSSR count). The van der Waals surface area contributed by atoms with Gasteiger partial charge in [-0.05, 0) is 94.5 Å². The molecule has 0 saturated heterocycles. The van der Waals surface area contributed by atoms with Crippen LogP contribution in [0, 0.1) is 62.9 Å². The minimum absolute atomic E-state index is 0. The van der Waals surface area contributed by atoms with E-state index in [0.29, 0.717) is 0 Å². The Morgan fingerprint density at radius 2 is 0.854 bits per heavy atom. The van der Waals surface area contributed by atoms with Crippen LogP contribution in [-0.4, -0.2) is 17.8 Å². The summed E-state index contributed by atoms with van der Waals surface area (Å²) in [6.45, 7) is 2.36. The fourth-order valence-electron chi connectivity index (χ4n) is 4.91. The van der Waals surface area contributed by atoms with Gasteiger partial charge in [-0.2, -0.15) is 0 Å². The van der Waals surface area contributed by atoms with Gasteiger partial charge in [0, 0.05) is 25.7 Å². The van der Waals surface area contributed by atoms with Gasteiger partial charge in [0.15, 0.2) is 0 Å². The van der Waals surface area contributed by atoms with E-state index in [1.807, 2.05) is 32.1 Å². The normalized spacial score (nSPS) is 16.4. The fourth-order valence-corrected chi connectivity index (χ4v) is 9.87. The Kier molecular flexibility index (Phi) is 13.1. The number of hydrogen-bond acceptors (Lipinski definition) is 1. The van der Waals surface area contributed by atoms with Crippen molar-refractivity contribution in [1.29, 1.82) is 0 Å². The first-order valence-electron chi connectivity index (χ1n) is 13.7. The molecule has 2 saturated carbocycles. The molecule has 0 spiro atoms. The molecule has 0 heterocycles. The van der Waals surface area contributed by atoms with Crippen LogP contribution in [0.1, 0.15) is 6.92 Å². The second kappa shape index (κ2) is 16.8. The number of rotatable bonds is 8. The van der Waals surface area contributed by atoms with Crippen molar-refractivity contribution >= 4 is 37.2 Å². The van der Waals surface area contributed by atoms with Gasteiger partial charge in [-0.3, -0.25) is 4.67 Å². The first-order chi connectivity index (χ1) is 19.7. The van der Waals surface area contributed by atoms with Gasteiger partial charge in [0.25, 0.3) is 0 Å². The van der Waals surface area contributed by atoms with Gasteiger partial charge in [-0.25, -0.2) is 0 Å². The topological polar surface area (TPSA) is 3.24 Å². The van der Waals surface area contributed by atoms with Crippen molar-refractivity contribution in [3.05, 3.63) is 184 Å². The average Bonchev–Trinajstić information content (AvgIpc) is 3.76. The summed E-state index contributed by atoms with van der Waals surface area (Å²) in [5.74, 6) is 1.42. The molecule has 41 heavy (non-hydrogen) atoms. The predicted molar refractivity (Wildman–Crippen MR) is 176 cm³/mol. The molecule has 4 heteroatoms. The zero-order valence-corrected chi connectivity index (χ0v) is 26.3. The predicted octanol–water partition coefficient (Wildman–Crippen LogP) is 7.24. The van der Waals surface area contributed by atoms with Crippen molar-refractivity contribution in [3.63, 3.8) is 0 Å². The molecular weight excluding hydrogens is 576 g/mol. The molecule has 204 valence electrons. The van der Waals surface area contributed by atoms with Gasteiger partial charge in [0.1, 0.15) is 0 Å². The molecule has 2 aliphatic carbocycles. The minimum Gasteiger partial charge on any atom is -0.274 e. The molecule has 0 bridgehead atoms. The van der Waals surface area contributed by atoms with Gasteiger partial charge in [0.2, 0.25) is 0 Å². The van der Waals surface area contributed by atoms with E-state index in [1.54, 1.807) is 0 Å². The minimum atomic E-state index is -0.656. The van der Waals surface area contributed by atoms with Crippen LogP contribution in [-0.2, 0) is 17.1 Å². The standard InChI is InChI=1S/C32H30NP2.C5H5.Fe/c1-26(33(2)35(29-20-11-5-12-21-29)30-22-13-6-14-23-30)31-24-15-25-32(31)34(27-16-7-3-8-17-27)28-18-9-4-10-19-28;1-2-4-5-3-1;/h3-26H,1-2H3;1-5H;/q;;+2/t26-;;/m0../s1. The molecule has 0 unspecified atom stereocenters. The van der Waals surface area contributed by atoms with E-state index in [9.17, 15) is 0 Å². The van der Waals surface area contributed by atoms with Gasteiger partial charge >= 0.3 is 17.1 Å². The van der Waals surface area contributed by atoms with Crippen molar-refractivity contribution < 1.29 is 17.1 Å². The molecule has 1 nitrogen and oxygen atoms in total. The Bertz CT molecular complexity index is 1160. The first kappa shape index (κ1) is 32.1. The summed E-state index contributed by atoms with van der Waals surface area (Å²) >= 11 is 0. The Morgan fingerprint density at radius 1 is 0.488 bits per heavy atom. The molecule has 4 aromatic rings. The van der Waals surface area contributed by atoms with Crippen LogP contribution in [0.2, 0.25) is 0 Å². The molecule has 0 aromatic heterocycles. The van der Waals surface area contributed by atoms with E-state index in [4.69, 9.17) is 0 Å². The molecular formula is C37H35FeNP2+2. The summed E-state index contributed by atoms with van der Waals surface area (Å²) in [5.41, 5.74) is 1.45. The summed E-state index contributed by atoms with van der Waals surface area (Å²) in [4.78, 5) is 0. The van der Waals surface area contributed by atoms with Crippen LogP contribution in [0.3, 0.4) is 0 Å². The Hall–Kier alpha value is -1.78. The van der Waals surface area contributed by atoms with E-state index in [1.165, 1.54) is 32.8 Å². The maximum Gasteiger partial charge on any atom is 2.00 e. The maximum atomic E-state index is 2.59. The van der Waals surface area contributed by atoms with E-state index < -0.39 is 16.0 Å². The smallest absolute Gasteiger partial charge is 0.274 e. The third-order valence-electron chi connectivity index (χ3n) is 6.98. The molecule has 1 atom stereocenters. The summed E-state index contributed by atoms with van der Waals surface area (Å²) in [5, 5.41) is 5.54. The van der Waals surface area contributed by atoms with Gasteiger partial charge < -0.3 is 0 Å². The van der Waals surface area contributed by atoms with E-state index in [-0.39, 0.29) is 23.1 Å². The van der Waals surface area contributed by atoms with Crippen molar-refractivity contribution in [2.24, 2.45) is 0 Å². The van der Waals surface area contributed by atoms with Crippen molar-refractivity contribution in [2.75, 3.05) is 7.05 Å². The largest absolute Gasteiger partial charge is 2.00 e. The number of benzene rings is 4.